The highest BCUT2D eigenvalue weighted by atomic mass is 16.6. The summed E-state index contributed by atoms with van der Waals surface area (Å²) in [7, 11) is 1.70. The van der Waals surface area contributed by atoms with Crippen LogP contribution in [0.15, 0.2) is 18.0 Å². The van der Waals surface area contributed by atoms with Crippen molar-refractivity contribution < 1.29 is 19.4 Å². The minimum atomic E-state index is -0.625. The minimum Gasteiger partial charge on any atom is -0.516 e. The number of aliphatic hydroxyl groups is 1. The van der Waals surface area contributed by atoms with Crippen LogP contribution in [0.5, 0.6) is 0 Å². The van der Waals surface area contributed by atoms with Crippen molar-refractivity contribution in [3.8, 4) is 0 Å². The van der Waals surface area contributed by atoms with Crippen LogP contribution in [-0.2, 0) is 11.8 Å². The Morgan fingerprint density at radius 3 is 2.61 bits per heavy atom. The first-order valence-electron chi connectivity index (χ1n) is 9.47. The van der Waals surface area contributed by atoms with Crippen molar-refractivity contribution in [3.05, 3.63) is 23.7 Å². The summed E-state index contributed by atoms with van der Waals surface area (Å²) in [5.41, 5.74) is 0.301. The van der Waals surface area contributed by atoms with Gasteiger partial charge in [0.2, 0.25) is 0 Å². The van der Waals surface area contributed by atoms with Crippen LogP contribution in [0.3, 0.4) is 0 Å². The van der Waals surface area contributed by atoms with E-state index in [1.54, 1.807) is 38.9 Å². The second-order valence-corrected chi connectivity index (χ2v) is 8.63. The van der Waals surface area contributed by atoms with Gasteiger partial charge in [0.25, 0.3) is 5.91 Å². The molecule has 2 heterocycles. The molecule has 9 nitrogen and oxygen atoms in total. The maximum Gasteiger partial charge on any atom is 0.410 e. The van der Waals surface area contributed by atoms with E-state index in [1.165, 1.54) is 9.58 Å². The van der Waals surface area contributed by atoms with Crippen LogP contribution in [0.4, 0.5) is 4.79 Å². The van der Waals surface area contributed by atoms with Crippen LogP contribution in [0, 0.1) is 5.92 Å². The molecule has 0 aliphatic carbocycles. The Balaban J connectivity index is 2.27. The summed E-state index contributed by atoms with van der Waals surface area (Å²) in [6.07, 6.45) is 2.61. The lowest BCUT2D eigenvalue weighted by atomic mass is 9.98. The largest absolute Gasteiger partial charge is 0.516 e. The molecular formula is C19H31N5O4. The van der Waals surface area contributed by atoms with Crippen molar-refractivity contribution in [2.75, 3.05) is 19.6 Å². The lowest BCUT2D eigenvalue weighted by Gasteiger charge is -2.40. The van der Waals surface area contributed by atoms with E-state index >= 15 is 0 Å². The zero-order valence-corrected chi connectivity index (χ0v) is 17.5. The molecule has 0 radical (unpaired) electrons. The number of aliphatic hydroxyl groups excluding tert-OH is 1. The molecule has 1 saturated heterocycles. The average Bonchev–Trinajstić information content (AvgIpc) is 3.03. The number of piperidine rings is 1. The molecule has 2 rings (SSSR count). The maximum atomic E-state index is 13.1. The fraction of sp³-hybridized carbons (Fsp3) is 0.684. The molecule has 1 aliphatic rings. The van der Waals surface area contributed by atoms with E-state index in [0.717, 1.165) is 6.26 Å². The topological polar surface area (TPSA) is 101 Å². The standard InChI is InChI=1S/C19H31N5O4/c1-13(2)8-24(17(26)16-11-22(6)21-20-16)15-7-14(12-25)9-23(10-15)18(27)28-19(3,4)5/h11-13,15,25H,7-10H2,1-6H3/b14-12+/t15-/m0/s1. The van der Waals surface area contributed by atoms with E-state index in [0.29, 0.717) is 25.1 Å². The molecule has 2 amide bonds. The number of likely N-dealkylation sites (tertiary alicyclic amines) is 1. The van der Waals surface area contributed by atoms with E-state index < -0.39 is 11.7 Å². The molecule has 0 bridgehead atoms. The molecule has 156 valence electrons. The molecule has 0 saturated carbocycles. The van der Waals surface area contributed by atoms with E-state index in [1.807, 2.05) is 13.8 Å². The molecule has 28 heavy (non-hydrogen) atoms. The van der Waals surface area contributed by atoms with Gasteiger partial charge in [-0.3, -0.25) is 9.48 Å². The fourth-order valence-corrected chi connectivity index (χ4v) is 3.15. The zero-order valence-electron chi connectivity index (χ0n) is 17.5. The second kappa shape index (κ2) is 8.62. The Hall–Kier alpha value is -2.58. The quantitative estimate of drug-likeness (QED) is 0.788. The smallest absolute Gasteiger partial charge is 0.410 e. The number of nitrogens with zero attached hydrogens (tertiary/aromatic N) is 5. The normalized spacial score (nSPS) is 19.2. The van der Waals surface area contributed by atoms with E-state index in [-0.39, 0.29) is 30.1 Å². The van der Waals surface area contributed by atoms with E-state index in [2.05, 4.69) is 10.3 Å². The van der Waals surface area contributed by atoms with E-state index in [9.17, 15) is 14.7 Å². The maximum absolute atomic E-state index is 13.1. The van der Waals surface area contributed by atoms with Crippen molar-refractivity contribution in [1.29, 1.82) is 0 Å². The number of carbonyl (C=O) groups excluding carboxylic acids is 2. The van der Waals surface area contributed by atoms with Crippen LogP contribution in [-0.4, -0.2) is 73.2 Å². The first-order chi connectivity index (χ1) is 13.0. The molecule has 1 N–H and O–H groups in total. The van der Waals surface area contributed by atoms with Gasteiger partial charge in [0, 0.05) is 26.7 Å². The third kappa shape index (κ3) is 5.71. The SMILES string of the molecule is CC(C)CN(C(=O)c1cn(C)nn1)[C@H]1C/C(=C\O)CN(C(=O)OC(C)(C)C)C1. The third-order valence-electron chi connectivity index (χ3n) is 4.24. The summed E-state index contributed by atoms with van der Waals surface area (Å²) in [4.78, 5) is 28.9. The van der Waals surface area contributed by atoms with Gasteiger partial charge in [-0.1, -0.05) is 19.1 Å². The second-order valence-electron chi connectivity index (χ2n) is 8.63. The molecule has 0 aromatic carbocycles. The van der Waals surface area contributed by atoms with Crippen LogP contribution in [0.2, 0.25) is 0 Å². The lowest BCUT2D eigenvalue weighted by Crippen LogP contribution is -2.54. The monoisotopic (exact) mass is 393 g/mol. The summed E-state index contributed by atoms with van der Waals surface area (Å²) in [5.74, 6) is -0.0193. The van der Waals surface area contributed by atoms with Gasteiger partial charge in [-0.2, -0.15) is 0 Å². The van der Waals surface area contributed by atoms with Crippen molar-refractivity contribution in [2.24, 2.45) is 13.0 Å². The Morgan fingerprint density at radius 2 is 2.11 bits per heavy atom. The number of rotatable bonds is 4. The van der Waals surface area contributed by atoms with Gasteiger partial charge in [0.15, 0.2) is 5.69 Å². The highest BCUT2D eigenvalue weighted by Gasteiger charge is 2.35. The number of aryl methyl sites for hydroxylation is 1. The molecule has 0 spiro atoms. The number of aromatic nitrogens is 3. The van der Waals surface area contributed by atoms with Crippen molar-refractivity contribution in [3.63, 3.8) is 0 Å². The first-order valence-corrected chi connectivity index (χ1v) is 9.47. The molecule has 0 unspecified atom stereocenters. The molecule has 1 fully saturated rings. The fourth-order valence-electron chi connectivity index (χ4n) is 3.15. The van der Waals surface area contributed by atoms with Gasteiger partial charge in [-0.25, -0.2) is 4.79 Å². The highest BCUT2D eigenvalue weighted by molar-refractivity contribution is 5.92. The van der Waals surface area contributed by atoms with Crippen LogP contribution >= 0.6 is 0 Å². The number of carbonyl (C=O) groups is 2. The molecule has 1 aromatic heterocycles. The summed E-state index contributed by atoms with van der Waals surface area (Å²) in [6, 6.07) is -0.295. The van der Waals surface area contributed by atoms with Crippen LogP contribution in [0.1, 0.15) is 51.5 Å². The number of ether oxygens (including phenoxy) is 1. The summed E-state index contributed by atoms with van der Waals surface area (Å²) in [6.45, 7) is 10.6. The highest BCUT2D eigenvalue weighted by Crippen LogP contribution is 2.24. The van der Waals surface area contributed by atoms with Gasteiger partial charge >= 0.3 is 6.09 Å². The number of hydrogen-bond acceptors (Lipinski definition) is 6. The van der Waals surface area contributed by atoms with Gasteiger partial charge in [0.1, 0.15) is 5.60 Å². The van der Waals surface area contributed by atoms with Crippen molar-refractivity contribution in [2.45, 2.75) is 52.7 Å². The Bertz CT molecular complexity index is 735. The van der Waals surface area contributed by atoms with Gasteiger partial charge < -0.3 is 19.6 Å². The summed E-state index contributed by atoms with van der Waals surface area (Å²) < 4.78 is 6.96. The third-order valence-corrected chi connectivity index (χ3v) is 4.24. The average molecular weight is 393 g/mol. The van der Waals surface area contributed by atoms with Crippen molar-refractivity contribution in [1.82, 2.24) is 24.8 Å². The van der Waals surface area contributed by atoms with E-state index in [4.69, 9.17) is 4.74 Å². The molecule has 1 aliphatic heterocycles. The van der Waals surface area contributed by atoms with Crippen LogP contribution in [0.25, 0.3) is 0 Å². The summed E-state index contributed by atoms with van der Waals surface area (Å²) in [5, 5.41) is 17.4. The Kier molecular flexibility index (Phi) is 6.69. The zero-order chi connectivity index (χ0) is 21.1. The minimum absolute atomic E-state index is 0.221. The first kappa shape index (κ1) is 21.7. The number of hydrogen-bond donors (Lipinski definition) is 1. The van der Waals surface area contributed by atoms with Gasteiger partial charge in [0.05, 0.1) is 18.5 Å². The summed E-state index contributed by atoms with van der Waals surface area (Å²) >= 11 is 0. The molecule has 9 heteroatoms. The van der Waals surface area contributed by atoms with Crippen molar-refractivity contribution >= 4 is 12.0 Å². The van der Waals surface area contributed by atoms with Gasteiger partial charge in [-0.15, -0.1) is 5.10 Å². The molecule has 1 aromatic rings. The lowest BCUT2D eigenvalue weighted by molar-refractivity contribution is 0.0145. The number of amides is 2. The van der Waals surface area contributed by atoms with Crippen LogP contribution < -0.4 is 0 Å². The molecular weight excluding hydrogens is 362 g/mol. The predicted molar refractivity (Wildman–Crippen MR) is 104 cm³/mol. The Labute approximate surface area is 165 Å². The molecule has 1 atom stereocenters. The van der Waals surface area contributed by atoms with Gasteiger partial charge in [-0.05, 0) is 38.7 Å². The Morgan fingerprint density at radius 1 is 1.43 bits per heavy atom. The predicted octanol–water partition coefficient (Wildman–Crippen LogP) is 2.36.